The number of sulfone groups is 1. The highest BCUT2D eigenvalue weighted by Crippen LogP contribution is 2.45. The van der Waals surface area contributed by atoms with Crippen molar-refractivity contribution >= 4 is 38.9 Å². The summed E-state index contributed by atoms with van der Waals surface area (Å²) in [6.45, 7) is 6.90. The molecule has 0 radical (unpaired) electrons. The maximum Gasteiger partial charge on any atom is 0.253 e. The average Bonchev–Trinajstić information content (AvgIpc) is 3.28. The first-order valence-corrected chi connectivity index (χ1v) is 15.1. The average molecular weight is 595 g/mol. The Morgan fingerprint density at radius 2 is 1.74 bits per heavy atom. The Bertz CT molecular complexity index is 1420. The zero-order chi connectivity index (χ0) is 28.5. The number of morpholine rings is 1. The van der Waals surface area contributed by atoms with Crippen molar-refractivity contribution in [2.45, 2.75) is 69.6 Å². The number of ether oxygens (including phenoxy) is 1. The number of aryl methyl sites for hydroxylation is 1. The molecule has 1 amide bonds. The molecule has 4 rings (SSSR count). The van der Waals surface area contributed by atoms with E-state index in [9.17, 15) is 13.2 Å². The molecule has 1 aromatic heterocycles. The quantitative estimate of drug-likeness (QED) is 0.370. The predicted octanol–water partition coefficient (Wildman–Crippen LogP) is 4.76. The summed E-state index contributed by atoms with van der Waals surface area (Å²) in [6.07, 6.45) is -1.12. The van der Waals surface area contributed by atoms with Crippen LogP contribution in [0.4, 0.5) is 0 Å². The molecule has 9 nitrogen and oxygen atoms in total. The van der Waals surface area contributed by atoms with Gasteiger partial charge in [-0.25, -0.2) is 8.42 Å². The van der Waals surface area contributed by atoms with Crippen molar-refractivity contribution in [2.75, 3.05) is 5.75 Å². The fourth-order valence-electron chi connectivity index (χ4n) is 4.71. The van der Waals surface area contributed by atoms with E-state index >= 15 is 0 Å². The van der Waals surface area contributed by atoms with Crippen LogP contribution in [0.25, 0.3) is 0 Å². The van der Waals surface area contributed by atoms with Crippen LogP contribution in [0.5, 0.6) is 0 Å². The molecule has 210 valence electrons. The molecule has 4 atom stereocenters. The molecule has 1 saturated heterocycles. The Morgan fingerprint density at radius 1 is 1.05 bits per heavy atom. The molecule has 1 aliphatic heterocycles. The second-order valence-corrected chi connectivity index (χ2v) is 14.4. The number of benzene rings is 2. The van der Waals surface area contributed by atoms with Crippen molar-refractivity contribution in [3.63, 3.8) is 0 Å². The van der Waals surface area contributed by atoms with E-state index in [1.165, 1.54) is 4.80 Å². The number of nitrogens with zero attached hydrogens (tertiary/aromatic N) is 5. The summed E-state index contributed by atoms with van der Waals surface area (Å²) >= 11 is 12.6. The normalized spacial score (nSPS) is 21.3. The molecular formula is C27H33Cl2N5O4S. The number of hydrogen-bond acceptors (Lipinski definition) is 7. The Labute approximate surface area is 239 Å². The summed E-state index contributed by atoms with van der Waals surface area (Å²) < 4.78 is 32.3. The minimum absolute atomic E-state index is 0.0794. The highest BCUT2D eigenvalue weighted by molar-refractivity contribution is 7.92. The second kappa shape index (κ2) is 11.5. The zero-order valence-electron chi connectivity index (χ0n) is 22.6. The monoisotopic (exact) mass is 593 g/mol. The number of aromatic nitrogens is 4. The third-order valence-corrected chi connectivity index (χ3v) is 10.1. The van der Waals surface area contributed by atoms with Crippen LogP contribution >= 0.6 is 23.2 Å². The molecule has 2 heterocycles. The van der Waals surface area contributed by atoms with Gasteiger partial charge in [0, 0.05) is 22.5 Å². The van der Waals surface area contributed by atoms with Crippen LogP contribution in [0.1, 0.15) is 63.2 Å². The molecule has 2 aromatic carbocycles. The largest absolute Gasteiger partial charge is 0.357 e. The first-order valence-electron chi connectivity index (χ1n) is 12.7. The van der Waals surface area contributed by atoms with Crippen LogP contribution in [-0.4, -0.2) is 62.1 Å². The van der Waals surface area contributed by atoms with E-state index in [0.29, 0.717) is 22.3 Å². The van der Waals surface area contributed by atoms with Crippen molar-refractivity contribution in [1.82, 2.24) is 25.1 Å². The summed E-state index contributed by atoms with van der Waals surface area (Å²) in [7, 11) is -1.93. The van der Waals surface area contributed by atoms with E-state index in [4.69, 9.17) is 27.9 Å². The summed E-state index contributed by atoms with van der Waals surface area (Å²) in [5, 5.41) is 13.2. The minimum atomic E-state index is -3.57. The van der Waals surface area contributed by atoms with E-state index in [0.717, 1.165) is 11.1 Å². The first-order chi connectivity index (χ1) is 18.3. The van der Waals surface area contributed by atoms with Gasteiger partial charge in [0.25, 0.3) is 5.91 Å². The Balaban J connectivity index is 1.87. The lowest BCUT2D eigenvalue weighted by Gasteiger charge is -2.48. The molecule has 0 saturated carbocycles. The lowest BCUT2D eigenvalue weighted by atomic mass is 9.89. The maximum atomic E-state index is 14.2. The Kier molecular flexibility index (Phi) is 8.70. The molecule has 1 aliphatic rings. The van der Waals surface area contributed by atoms with E-state index in [-0.39, 0.29) is 18.1 Å². The third-order valence-electron chi connectivity index (χ3n) is 6.94. The predicted molar refractivity (Wildman–Crippen MR) is 150 cm³/mol. The van der Waals surface area contributed by atoms with Crippen LogP contribution in [0.3, 0.4) is 0 Å². The van der Waals surface area contributed by atoms with Crippen molar-refractivity contribution in [3.05, 3.63) is 75.5 Å². The van der Waals surface area contributed by atoms with Crippen molar-refractivity contribution in [2.24, 2.45) is 7.05 Å². The first kappa shape index (κ1) is 29.5. The van der Waals surface area contributed by atoms with Gasteiger partial charge in [0.15, 0.2) is 15.7 Å². The molecule has 1 unspecified atom stereocenters. The molecular weight excluding hydrogens is 561 g/mol. The molecule has 1 fully saturated rings. The molecule has 0 bridgehead atoms. The zero-order valence-corrected chi connectivity index (χ0v) is 24.9. The van der Waals surface area contributed by atoms with E-state index in [1.54, 1.807) is 57.0 Å². The van der Waals surface area contributed by atoms with Gasteiger partial charge >= 0.3 is 0 Å². The highest BCUT2D eigenvalue weighted by atomic mass is 35.5. The number of carbonyl (C=O) groups excluding carboxylic acids is 1. The number of halogens is 2. The lowest BCUT2D eigenvalue weighted by molar-refractivity contribution is -0.178. The van der Waals surface area contributed by atoms with Crippen LogP contribution in [0, 0.1) is 0 Å². The van der Waals surface area contributed by atoms with E-state index in [1.807, 2.05) is 31.2 Å². The molecule has 12 heteroatoms. The topological polar surface area (TPSA) is 107 Å². The Morgan fingerprint density at radius 3 is 2.31 bits per heavy atom. The van der Waals surface area contributed by atoms with Crippen molar-refractivity contribution in [1.29, 1.82) is 0 Å². The van der Waals surface area contributed by atoms with Gasteiger partial charge in [0.2, 0.25) is 0 Å². The minimum Gasteiger partial charge on any atom is -0.357 e. The van der Waals surface area contributed by atoms with Crippen LogP contribution in [0.2, 0.25) is 10.0 Å². The molecule has 0 N–H and O–H groups in total. The summed E-state index contributed by atoms with van der Waals surface area (Å²) in [4.78, 5) is 17.2. The summed E-state index contributed by atoms with van der Waals surface area (Å²) in [6, 6.07) is 13.2. The third kappa shape index (κ3) is 6.45. The summed E-state index contributed by atoms with van der Waals surface area (Å²) in [5.41, 5.74) is 1.52. The highest BCUT2D eigenvalue weighted by Gasteiger charge is 2.48. The molecule has 3 aromatic rings. The second-order valence-electron chi connectivity index (χ2n) is 10.7. The fourth-order valence-corrected chi connectivity index (χ4v) is 6.44. The number of tetrazole rings is 1. The molecule has 0 aliphatic carbocycles. The van der Waals surface area contributed by atoms with Gasteiger partial charge in [0.1, 0.15) is 12.2 Å². The fraction of sp³-hybridized carbons (Fsp3) is 0.481. The maximum absolute atomic E-state index is 14.2. The van der Waals surface area contributed by atoms with Gasteiger partial charge in [-0.3, -0.25) is 4.79 Å². The van der Waals surface area contributed by atoms with Gasteiger partial charge in [-0.05, 0) is 67.8 Å². The number of amides is 1. The Hall–Kier alpha value is -2.53. The lowest BCUT2D eigenvalue weighted by Crippen LogP contribution is -2.57. The van der Waals surface area contributed by atoms with Crippen molar-refractivity contribution in [3.8, 4) is 0 Å². The molecule has 0 spiro atoms. The van der Waals surface area contributed by atoms with Gasteiger partial charge in [-0.2, -0.15) is 4.80 Å². The van der Waals surface area contributed by atoms with Crippen LogP contribution in [0.15, 0.2) is 48.5 Å². The van der Waals surface area contributed by atoms with Crippen LogP contribution < -0.4 is 0 Å². The van der Waals surface area contributed by atoms with Gasteiger partial charge in [-0.15, -0.1) is 10.2 Å². The smallest absolute Gasteiger partial charge is 0.253 e. The SMILES string of the molecule is CCC(CS(=O)(=O)C(C)(C)C)N1C(=O)[C@@H](Cc2nnn(C)n2)O[C@H](c2cccc(Cl)c2)[C@H]1c1ccc(Cl)cc1. The number of rotatable bonds is 8. The number of carbonyl (C=O) groups is 1. The summed E-state index contributed by atoms with van der Waals surface area (Å²) in [5.74, 6) is -0.182. The van der Waals surface area contributed by atoms with Gasteiger partial charge in [0.05, 0.1) is 23.6 Å². The van der Waals surface area contributed by atoms with Crippen molar-refractivity contribution < 1.29 is 17.9 Å². The standard InChI is InChI=1S/C27H33Cl2N5O4S/c1-6-21(16-39(36,37)27(2,3)4)34-24(17-10-12-19(28)13-11-17)25(18-8-7-9-20(29)14-18)38-22(26(34)35)15-23-30-32-33(5)31-23/h7-14,21-22,24-25H,6,15-16H2,1-5H3/t21?,22-,24-,25-/m1/s1. The van der Waals surface area contributed by atoms with Crippen LogP contribution in [-0.2, 0) is 32.8 Å². The van der Waals surface area contributed by atoms with Gasteiger partial charge < -0.3 is 9.64 Å². The van der Waals surface area contributed by atoms with E-state index < -0.39 is 38.9 Å². The van der Waals surface area contributed by atoms with Gasteiger partial charge in [-0.1, -0.05) is 54.4 Å². The molecule has 39 heavy (non-hydrogen) atoms. The van der Waals surface area contributed by atoms with E-state index in [2.05, 4.69) is 15.4 Å². The number of hydrogen-bond donors (Lipinski definition) is 0.